The lowest BCUT2D eigenvalue weighted by Gasteiger charge is -2.09. The summed E-state index contributed by atoms with van der Waals surface area (Å²) in [6, 6.07) is 4.50. The zero-order valence-electron chi connectivity index (χ0n) is 15.8. The number of esters is 2. The zero-order chi connectivity index (χ0) is 21.7. The number of ether oxygens (including phenoxy) is 2. The van der Waals surface area contributed by atoms with Gasteiger partial charge in [0.1, 0.15) is 5.00 Å². The molecule has 1 amide bonds. The summed E-state index contributed by atoms with van der Waals surface area (Å²) in [5.41, 5.74) is 0.452. The third-order valence-electron chi connectivity index (χ3n) is 3.70. The molecule has 0 spiro atoms. The molecule has 2 rings (SSSR count). The van der Waals surface area contributed by atoms with Crippen LogP contribution in [0.5, 0.6) is 0 Å². The molecule has 7 nitrogen and oxygen atoms in total. The van der Waals surface area contributed by atoms with Gasteiger partial charge in [-0.05, 0) is 38.5 Å². The Kier molecular flexibility index (Phi) is 7.78. The van der Waals surface area contributed by atoms with Gasteiger partial charge < -0.3 is 14.8 Å². The fourth-order valence-electron chi connectivity index (χ4n) is 2.45. The zero-order valence-corrected chi connectivity index (χ0v) is 18.1. The molecule has 10 heteroatoms. The van der Waals surface area contributed by atoms with Crippen molar-refractivity contribution in [3.63, 3.8) is 0 Å². The van der Waals surface area contributed by atoms with Crippen molar-refractivity contribution in [2.75, 3.05) is 18.5 Å². The lowest BCUT2D eigenvalue weighted by atomic mass is 10.1. The predicted octanol–water partition coefficient (Wildman–Crippen LogP) is 4.54. The molecular weight excluding hydrogens is 441 g/mol. The Hall–Kier alpha value is -2.42. The highest BCUT2D eigenvalue weighted by Crippen LogP contribution is 2.34. The van der Waals surface area contributed by atoms with E-state index < -0.39 is 24.5 Å². The third kappa shape index (κ3) is 5.35. The molecule has 2 aromatic rings. The summed E-state index contributed by atoms with van der Waals surface area (Å²) in [5, 5.41) is 2.81. The average molecular weight is 458 g/mol. The van der Waals surface area contributed by atoms with Gasteiger partial charge in [-0.2, -0.15) is 0 Å². The second-order valence-electron chi connectivity index (χ2n) is 5.76. The minimum absolute atomic E-state index is 0.0540. The van der Waals surface area contributed by atoms with E-state index in [9.17, 15) is 19.2 Å². The fourth-order valence-corrected chi connectivity index (χ4v) is 4.10. The van der Waals surface area contributed by atoms with E-state index in [2.05, 4.69) is 5.32 Å². The highest BCUT2D eigenvalue weighted by atomic mass is 35.5. The van der Waals surface area contributed by atoms with Crippen LogP contribution < -0.4 is 5.32 Å². The molecule has 0 aliphatic heterocycles. The van der Waals surface area contributed by atoms with E-state index in [-0.39, 0.29) is 38.6 Å². The number of carbonyl (C=O) groups is 4. The molecular formula is C19H17Cl2NO6S. The summed E-state index contributed by atoms with van der Waals surface area (Å²) in [6.07, 6.45) is 0. The second kappa shape index (κ2) is 9.87. The molecule has 1 heterocycles. The molecule has 0 atom stereocenters. The van der Waals surface area contributed by atoms with Crippen molar-refractivity contribution >= 4 is 63.2 Å². The van der Waals surface area contributed by atoms with Gasteiger partial charge >= 0.3 is 11.9 Å². The standard InChI is InChI=1S/C19H17Cl2NO6S/c1-4-27-18(25)14-9(2)16(10(3)23)29-17(14)22-13(24)8-28-19(26)15-11(20)6-5-7-12(15)21/h5-7H,4,8H2,1-3H3,(H,22,24). The van der Waals surface area contributed by atoms with Crippen molar-refractivity contribution in [1.82, 2.24) is 0 Å². The van der Waals surface area contributed by atoms with Gasteiger partial charge in [-0.1, -0.05) is 29.3 Å². The topological polar surface area (TPSA) is 98.8 Å². The number of Topliss-reactive ketones (excluding diaryl/α,β-unsaturated/α-hetero) is 1. The number of thiophene rings is 1. The quantitative estimate of drug-likeness (QED) is 0.483. The Morgan fingerprint density at radius 3 is 2.17 bits per heavy atom. The highest BCUT2D eigenvalue weighted by molar-refractivity contribution is 7.18. The van der Waals surface area contributed by atoms with E-state index >= 15 is 0 Å². The number of nitrogens with one attached hydrogen (secondary N) is 1. The SMILES string of the molecule is CCOC(=O)c1c(NC(=O)COC(=O)c2c(Cl)cccc2Cl)sc(C(C)=O)c1C. The molecule has 1 aromatic heterocycles. The Balaban J connectivity index is 2.16. The first kappa shape index (κ1) is 22.9. The van der Waals surface area contributed by atoms with Crippen LogP contribution in [0.3, 0.4) is 0 Å². The average Bonchev–Trinajstić information content (AvgIpc) is 2.96. The molecule has 0 bridgehead atoms. The maximum absolute atomic E-state index is 12.3. The molecule has 29 heavy (non-hydrogen) atoms. The van der Waals surface area contributed by atoms with Crippen LogP contribution in [0.25, 0.3) is 0 Å². The van der Waals surface area contributed by atoms with Crippen LogP contribution in [0, 0.1) is 6.92 Å². The molecule has 0 fully saturated rings. The summed E-state index contributed by atoms with van der Waals surface area (Å²) in [5.74, 6) is -2.49. The first-order valence-corrected chi connectivity index (χ1v) is 9.97. The van der Waals surface area contributed by atoms with E-state index in [0.717, 1.165) is 11.3 Å². The third-order valence-corrected chi connectivity index (χ3v) is 5.64. The van der Waals surface area contributed by atoms with Crippen LogP contribution in [-0.4, -0.2) is 36.8 Å². The fraction of sp³-hybridized carbons (Fsp3) is 0.263. The minimum Gasteiger partial charge on any atom is -0.462 e. The van der Waals surface area contributed by atoms with Gasteiger partial charge in [-0.15, -0.1) is 11.3 Å². The number of hydrogen-bond donors (Lipinski definition) is 1. The van der Waals surface area contributed by atoms with Crippen molar-refractivity contribution in [2.24, 2.45) is 0 Å². The van der Waals surface area contributed by atoms with Crippen LogP contribution in [0.4, 0.5) is 5.00 Å². The number of halogens is 2. The number of ketones is 1. The second-order valence-corrected chi connectivity index (χ2v) is 7.59. The van der Waals surface area contributed by atoms with Crippen LogP contribution in [-0.2, 0) is 14.3 Å². The first-order valence-electron chi connectivity index (χ1n) is 8.39. The summed E-state index contributed by atoms with van der Waals surface area (Å²) in [4.78, 5) is 48.8. The summed E-state index contributed by atoms with van der Waals surface area (Å²) < 4.78 is 9.95. The maximum Gasteiger partial charge on any atom is 0.341 e. The number of benzene rings is 1. The van der Waals surface area contributed by atoms with E-state index in [1.54, 1.807) is 19.9 Å². The molecule has 0 radical (unpaired) electrons. The normalized spacial score (nSPS) is 10.4. The summed E-state index contributed by atoms with van der Waals surface area (Å²) >= 11 is 12.8. The van der Waals surface area contributed by atoms with Gasteiger partial charge in [0.15, 0.2) is 12.4 Å². The van der Waals surface area contributed by atoms with Crippen molar-refractivity contribution in [1.29, 1.82) is 0 Å². The molecule has 0 aliphatic rings. The number of amides is 1. The van der Waals surface area contributed by atoms with Crippen LogP contribution in [0.1, 0.15) is 49.8 Å². The van der Waals surface area contributed by atoms with E-state index in [1.807, 2.05) is 0 Å². The molecule has 0 unspecified atom stereocenters. The van der Waals surface area contributed by atoms with Gasteiger partial charge in [-0.3, -0.25) is 9.59 Å². The van der Waals surface area contributed by atoms with Crippen molar-refractivity contribution in [2.45, 2.75) is 20.8 Å². The Morgan fingerprint density at radius 2 is 1.62 bits per heavy atom. The van der Waals surface area contributed by atoms with E-state index in [1.165, 1.54) is 19.1 Å². The lowest BCUT2D eigenvalue weighted by Crippen LogP contribution is -2.22. The number of carbonyl (C=O) groups excluding carboxylic acids is 4. The van der Waals surface area contributed by atoms with Gasteiger partial charge in [0.05, 0.1) is 32.7 Å². The number of hydrogen-bond acceptors (Lipinski definition) is 7. The molecule has 0 saturated heterocycles. The Bertz CT molecular complexity index is 965. The first-order chi connectivity index (χ1) is 13.7. The molecule has 0 saturated carbocycles. The monoisotopic (exact) mass is 457 g/mol. The van der Waals surface area contributed by atoms with Crippen molar-refractivity contribution < 1.29 is 28.7 Å². The van der Waals surface area contributed by atoms with E-state index in [0.29, 0.717) is 10.4 Å². The molecule has 154 valence electrons. The molecule has 1 aromatic carbocycles. The Morgan fingerprint density at radius 1 is 1.03 bits per heavy atom. The molecule has 1 N–H and O–H groups in total. The summed E-state index contributed by atoms with van der Waals surface area (Å²) in [7, 11) is 0. The van der Waals surface area contributed by atoms with Crippen LogP contribution >= 0.6 is 34.5 Å². The largest absolute Gasteiger partial charge is 0.462 e. The van der Waals surface area contributed by atoms with Gasteiger partial charge in [-0.25, -0.2) is 9.59 Å². The van der Waals surface area contributed by atoms with E-state index in [4.69, 9.17) is 32.7 Å². The minimum atomic E-state index is -0.867. The van der Waals surface area contributed by atoms with Gasteiger partial charge in [0.25, 0.3) is 5.91 Å². The number of anilines is 1. The number of rotatable bonds is 7. The summed E-state index contributed by atoms with van der Waals surface area (Å²) in [6.45, 7) is 4.08. The Labute approximate surface area is 180 Å². The van der Waals surface area contributed by atoms with Crippen LogP contribution in [0.15, 0.2) is 18.2 Å². The lowest BCUT2D eigenvalue weighted by molar-refractivity contribution is -0.119. The van der Waals surface area contributed by atoms with Gasteiger partial charge in [0.2, 0.25) is 0 Å². The maximum atomic E-state index is 12.3. The van der Waals surface area contributed by atoms with Crippen molar-refractivity contribution in [3.8, 4) is 0 Å². The smallest absolute Gasteiger partial charge is 0.341 e. The predicted molar refractivity (Wildman–Crippen MR) is 110 cm³/mol. The molecule has 0 aliphatic carbocycles. The van der Waals surface area contributed by atoms with Crippen LogP contribution in [0.2, 0.25) is 10.0 Å². The van der Waals surface area contributed by atoms with Crippen molar-refractivity contribution in [3.05, 3.63) is 49.8 Å². The highest BCUT2D eigenvalue weighted by Gasteiger charge is 2.25. The van der Waals surface area contributed by atoms with Gasteiger partial charge in [0, 0.05) is 0 Å².